The number of aryl methyl sites for hydroxylation is 1. The summed E-state index contributed by atoms with van der Waals surface area (Å²) in [7, 11) is 3.36. The van der Waals surface area contributed by atoms with E-state index in [1.807, 2.05) is 12.1 Å². The van der Waals surface area contributed by atoms with Gasteiger partial charge in [-0.05, 0) is 54.8 Å². The Balaban J connectivity index is 1.82. The van der Waals surface area contributed by atoms with Crippen LogP contribution in [0.1, 0.15) is 29.3 Å². The Bertz CT molecular complexity index is 592. The van der Waals surface area contributed by atoms with Gasteiger partial charge in [0.1, 0.15) is 5.76 Å². The lowest BCUT2D eigenvalue weighted by Crippen LogP contribution is -2.30. The van der Waals surface area contributed by atoms with Crippen molar-refractivity contribution in [1.29, 1.82) is 0 Å². The molecule has 21 heavy (non-hydrogen) atoms. The van der Waals surface area contributed by atoms with Gasteiger partial charge in [-0.1, -0.05) is 0 Å². The van der Waals surface area contributed by atoms with Gasteiger partial charge >= 0.3 is 0 Å². The molecule has 1 atom stereocenters. The minimum Gasteiger partial charge on any atom is -0.493 e. The van der Waals surface area contributed by atoms with Crippen LogP contribution in [0.15, 0.2) is 34.9 Å². The highest BCUT2D eigenvalue weighted by Gasteiger charge is 2.22. The lowest BCUT2D eigenvalue weighted by molar-refractivity contribution is 0.351. The SMILES string of the molecule is COc1cc2c(cc1OC)C(CCc1ccco1)NCC2. The molecule has 1 aliphatic heterocycles. The second kappa shape index (κ2) is 6.22. The van der Waals surface area contributed by atoms with Gasteiger partial charge in [0.2, 0.25) is 0 Å². The van der Waals surface area contributed by atoms with E-state index in [0.29, 0.717) is 6.04 Å². The normalized spacial score (nSPS) is 17.3. The van der Waals surface area contributed by atoms with Crippen LogP contribution in [0.3, 0.4) is 0 Å². The zero-order valence-electron chi connectivity index (χ0n) is 12.5. The molecule has 0 amide bonds. The van der Waals surface area contributed by atoms with Gasteiger partial charge in [0, 0.05) is 12.5 Å². The molecule has 0 spiro atoms. The number of benzene rings is 1. The molecule has 2 aromatic rings. The number of hydrogen-bond acceptors (Lipinski definition) is 4. The Labute approximate surface area is 125 Å². The molecule has 1 aromatic heterocycles. The molecular formula is C17H21NO3. The van der Waals surface area contributed by atoms with Crippen molar-refractivity contribution in [1.82, 2.24) is 5.32 Å². The molecule has 4 heteroatoms. The van der Waals surface area contributed by atoms with Gasteiger partial charge in [-0.2, -0.15) is 0 Å². The van der Waals surface area contributed by atoms with Gasteiger partial charge in [-0.3, -0.25) is 0 Å². The van der Waals surface area contributed by atoms with Crippen molar-refractivity contribution in [3.8, 4) is 11.5 Å². The molecule has 3 rings (SSSR count). The zero-order chi connectivity index (χ0) is 14.7. The number of furan rings is 1. The summed E-state index contributed by atoms with van der Waals surface area (Å²) < 4.78 is 16.2. The summed E-state index contributed by atoms with van der Waals surface area (Å²) in [6, 6.07) is 8.50. The van der Waals surface area contributed by atoms with Gasteiger partial charge in [0.15, 0.2) is 11.5 Å². The minimum atomic E-state index is 0.332. The van der Waals surface area contributed by atoms with E-state index in [9.17, 15) is 0 Å². The van der Waals surface area contributed by atoms with E-state index in [4.69, 9.17) is 13.9 Å². The van der Waals surface area contributed by atoms with Crippen LogP contribution < -0.4 is 14.8 Å². The summed E-state index contributed by atoms with van der Waals surface area (Å²) >= 11 is 0. The third kappa shape index (κ3) is 2.90. The molecule has 0 aliphatic carbocycles. The van der Waals surface area contributed by atoms with E-state index >= 15 is 0 Å². The van der Waals surface area contributed by atoms with Gasteiger partial charge in [0.25, 0.3) is 0 Å². The van der Waals surface area contributed by atoms with E-state index in [0.717, 1.165) is 43.1 Å². The second-order valence-electron chi connectivity index (χ2n) is 5.28. The summed E-state index contributed by atoms with van der Waals surface area (Å²) in [5.74, 6) is 2.63. The molecule has 1 aromatic carbocycles. The fraction of sp³-hybridized carbons (Fsp3) is 0.412. The third-order valence-corrected chi connectivity index (χ3v) is 4.07. The van der Waals surface area contributed by atoms with Crippen molar-refractivity contribution in [2.75, 3.05) is 20.8 Å². The molecule has 1 N–H and O–H groups in total. The van der Waals surface area contributed by atoms with Crippen molar-refractivity contribution < 1.29 is 13.9 Å². The molecule has 4 nitrogen and oxygen atoms in total. The van der Waals surface area contributed by atoms with Crippen LogP contribution in [0.25, 0.3) is 0 Å². The maximum atomic E-state index is 5.43. The largest absolute Gasteiger partial charge is 0.493 e. The first kappa shape index (κ1) is 14.0. The Morgan fingerprint density at radius 2 is 2.05 bits per heavy atom. The number of ether oxygens (including phenoxy) is 2. The molecule has 1 aliphatic rings. The highest BCUT2D eigenvalue weighted by molar-refractivity contribution is 5.49. The zero-order valence-corrected chi connectivity index (χ0v) is 12.5. The van der Waals surface area contributed by atoms with Gasteiger partial charge in [0.05, 0.1) is 20.5 Å². The lowest BCUT2D eigenvalue weighted by Gasteiger charge is -2.28. The maximum absolute atomic E-state index is 5.43. The molecule has 2 heterocycles. The topological polar surface area (TPSA) is 43.6 Å². The first-order valence-electron chi connectivity index (χ1n) is 7.32. The van der Waals surface area contributed by atoms with Crippen LogP contribution in [0.5, 0.6) is 11.5 Å². The Hall–Kier alpha value is -1.94. The van der Waals surface area contributed by atoms with E-state index < -0.39 is 0 Å². The molecule has 1 unspecified atom stereocenters. The molecule has 0 bridgehead atoms. The summed E-state index contributed by atoms with van der Waals surface area (Å²) in [4.78, 5) is 0. The molecule has 112 valence electrons. The number of fused-ring (bicyclic) bond motifs is 1. The Morgan fingerprint density at radius 1 is 1.24 bits per heavy atom. The quantitative estimate of drug-likeness (QED) is 0.917. The first-order chi connectivity index (χ1) is 10.3. The standard InChI is InChI=1S/C17H21NO3/c1-19-16-10-12-7-8-18-15(14(12)11-17(16)20-2)6-5-13-4-3-9-21-13/h3-4,9-11,15,18H,5-8H2,1-2H3. The van der Waals surface area contributed by atoms with Crippen molar-refractivity contribution in [3.63, 3.8) is 0 Å². The first-order valence-corrected chi connectivity index (χ1v) is 7.32. The molecule has 0 fully saturated rings. The van der Waals surface area contributed by atoms with Crippen molar-refractivity contribution >= 4 is 0 Å². The maximum Gasteiger partial charge on any atom is 0.161 e. The summed E-state index contributed by atoms with van der Waals surface area (Å²) in [5, 5.41) is 3.59. The summed E-state index contributed by atoms with van der Waals surface area (Å²) in [6.45, 7) is 0.991. The van der Waals surface area contributed by atoms with E-state index in [1.165, 1.54) is 11.1 Å². The van der Waals surface area contributed by atoms with Crippen LogP contribution in [0.2, 0.25) is 0 Å². The minimum absolute atomic E-state index is 0.332. The molecule has 0 saturated carbocycles. The number of hydrogen-bond donors (Lipinski definition) is 1. The van der Waals surface area contributed by atoms with Gasteiger partial charge in [-0.15, -0.1) is 0 Å². The number of nitrogens with one attached hydrogen (secondary N) is 1. The van der Waals surface area contributed by atoms with Crippen LogP contribution in [-0.2, 0) is 12.8 Å². The molecule has 0 saturated heterocycles. The lowest BCUT2D eigenvalue weighted by atomic mass is 9.91. The highest BCUT2D eigenvalue weighted by atomic mass is 16.5. The summed E-state index contributed by atoms with van der Waals surface area (Å²) in [6.07, 6.45) is 4.69. The number of rotatable bonds is 5. The average Bonchev–Trinajstić information content (AvgIpc) is 3.04. The fourth-order valence-electron chi connectivity index (χ4n) is 2.97. The van der Waals surface area contributed by atoms with Gasteiger partial charge < -0.3 is 19.2 Å². The van der Waals surface area contributed by atoms with E-state index in [1.54, 1.807) is 20.5 Å². The number of methoxy groups -OCH3 is 2. The predicted octanol–water partition coefficient (Wildman–Crippen LogP) is 3.12. The molecular weight excluding hydrogens is 266 g/mol. The van der Waals surface area contributed by atoms with Crippen LogP contribution in [-0.4, -0.2) is 20.8 Å². The van der Waals surface area contributed by atoms with Crippen molar-refractivity contribution in [3.05, 3.63) is 47.4 Å². The predicted molar refractivity (Wildman–Crippen MR) is 81.0 cm³/mol. The Morgan fingerprint density at radius 3 is 2.76 bits per heavy atom. The fourth-order valence-corrected chi connectivity index (χ4v) is 2.97. The smallest absolute Gasteiger partial charge is 0.161 e. The average molecular weight is 287 g/mol. The van der Waals surface area contributed by atoms with Crippen molar-refractivity contribution in [2.24, 2.45) is 0 Å². The third-order valence-electron chi connectivity index (χ3n) is 4.07. The van der Waals surface area contributed by atoms with Gasteiger partial charge in [-0.25, -0.2) is 0 Å². The second-order valence-corrected chi connectivity index (χ2v) is 5.28. The highest BCUT2D eigenvalue weighted by Crippen LogP contribution is 2.36. The van der Waals surface area contributed by atoms with Crippen LogP contribution in [0, 0.1) is 0 Å². The van der Waals surface area contributed by atoms with Crippen molar-refractivity contribution in [2.45, 2.75) is 25.3 Å². The monoisotopic (exact) mass is 287 g/mol. The van der Waals surface area contributed by atoms with Crippen LogP contribution >= 0.6 is 0 Å². The molecule has 0 radical (unpaired) electrons. The van der Waals surface area contributed by atoms with Crippen LogP contribution in [0.4, 0.5) is 0 Å². The Kier molecular flexibility index (Phi) is 4.15. The van der Waals surface area contributed by atoms with E-state index in [2.05, 4.69) is 17.4 Å². The summed E-state index contributed by atoms with van der Waals surface area (Å²) in [5.41, 5.74) is 2.65. The van der Waals surface area contributed by atoms with E-state index in [-0.39, 0.29) is 0 Å².